The average Bonchev–Trinajstić information content (AvgIpc) is 3.44. The predicted molar refractivity (Wildman–Crippen MR) is 139 cm³/mol. The number of ether oxygens (including phenoxy) is 1. The quantitative estimate of drug-likeness (QED) is 0.455. The van der Waals surface area contributed by atoms with Crippen molar-refractivity contribution in [3.8, 4) is 11.3 Å². The number of imidazole rings is 1. The van der Waals surface area contributed by atoms with E-state index in [2.05, 4.69) is 20.3 Å². The van der Waals surface area contributed by atoms with E-state index < -0.39 is 11.7 Å². The molecule has 200 valence electrons. The minimum absolute atomic E-state index is 0.00655. The van der Waals surface area contributed by atoms with Crippen LogP contribution in [0.5, 0.6) is 0 Å². The molecular formula is C27H31FN6O4. The number of pyridine rings is 1. The van der Waals surface area contributed by atoms with E-state index in [0.717, 1.165) is 11.3 Å². The van der Waals surface area contributed by atoms with Gasteiger partial charge in [-0.1, -0.05) is 6.07 Å². The highest BCUT2D eigenvalue weighted by molar-refractivity contribution is 6.04. The molecule has 2 aliphatic rings. The van der Waals surface area contributed by atoms with Crippen LogP contribution in [0.25, 0.3) is 11.3 Å². The van der Waals surface area contributed by atoms with Crippen molar-refractivity contribution in [2.75, 3.05) is 49.7 Å². The lowest BCUT2D eigenvalue weighted by Gasteiger charge is -2.40. The Hall–Kier alpha value is -3.83. The van der Waals surface area contributed by atoms with Gasteiger partial charge in [0.2, 0.25) is 5.91 Å². The third kappa shape index (κ3) is 5.39. The summed E-state index contributed by atoms with van der Waals surface area (Å²) in [6, 6.07) is 7.92. The van der Waals surface area contributed by atoms with Gasteiger partial charge in [-0.2, -0.15) is 0 Å². The monoisotopic (exact) mass is 522 g/mol. The molecule has 2 fully saturated rings. The molecule has 1 atom stereocenters. The second kappa shape index (κ2) is 11.3. The fraction of sp³-hybridized carbons (Fsp3) is 0.407. The number of nitrogens with one attached hydrogen (secondary N) is 2. The van der Waals surface area contributed by atoms with Gasteiger partial charge in [-0.25, -0.2) is 9.37 Å². The van der Waals surface area contributed by atoms with Crippen LogP contribution in [0.15, 0.2) is 42.7 Å². The summed E-state index contributed by atoms with van der Waals surface area (Å²) in [6.07, 6.45) is 4.42. The number of carbonyl (C=O) groups is 2. The van der Waals surface area contributed by atoms with Crippen molar-refractivity contribution in [2.24, 2.45) is 5.92 Å². The number of aromatic amines is 1. The second-order valence-corrected chi connectivity index (χ2v) is 9.61. The smallest absolute Gasteiger partial charge is 0.291 e. The third-order valence-electron chi connectivity index (χ3n) is 7.10. The second-order valence-electron chi connectivity index (χ2n) is 9.61. The largest absolute Gasteiger partial charge is 0.394 e. The molecule has 2 aliphatic heterocycles. The molecule has 0 radical (unpaired) electrons. The van der Waals surface area contributed by atoms with E-state index in [1.165, 1.54) is 6.07 Å². The summed E-state index contributed by atoms with van der Waals surface area (Å²) in [7, 11) is 0. The van der Waals surface area contributed by atoms with Gasteiger partial charge in [0.05, 0.1) is 42.9 Å². The SMILES string of the molecule is Cc1cc(-c2c[nH]c(C(=O)Nc3cccc(F)c3N3CCC(C(=O)N4CCOCC4CO)CC3)n2)ccn1. The number of aryl methyl sites for hydroxylation is 1. The summed E-state index contributed by atoms with van der Waals surface area (Å²) in [6.45, 7) is 3.91. The van der Waals surface area contributed by atoms with Gasteiger partial charge >= 0.3 is 0 Å². The number of piperidine rings is 1. The molecule has 2 aromatic heterocycles. The van der Waals surface area contributed by atoms with Crippen molar-refractivity contribution in [2.45, 2.75) is 25.8 Å². The first-order chi connectivity index (χ1) is 18.4. The molecule has 38 heavy (non-hydrogen) atoms. The van der Waals surface area contributed by atoms with Gasteiger partial charge < -0.3 is 29.9 Å². The number of halogens is 1. The number of nitrogens with zero attached hydrogens (tertiary/aromatic N) is 4. The first-order valence-corrected chi connectivity index (χ1v) is 12.8. The van der Waals surface area contributed by atoms with Crippen molar-refractivity contribution in [1.82, 2.24) is 19.9 Å². The van der Waals surface area contributed by atoms with Gasteiger partial charge in [-0.15, -0.1) is 0 Å². The Morgan fingerprint density at radius 2 is 2.05 bits per heavy atom. The lowest BCUT2D eigenvalue weighted by Crippen LogP contribution is -2.53. The highest BCUT2D eigenvalue weighted by Gasteiger charge is 2.34. The summed E-state index contributed by atoms with van der Waals surface area (Å²) in [5.74, 6) is -1.03. The number of hydrogen-bond acceptors (Lipinski definition) is 7. The topological polar surface area (TPSA) is 124 Å². The molecular weight excluding hydrogens is 491 g/mol. The lowest BCUT2D eigenvalue weighted by atomic mass is 9.94. The predicted octanol–water partition coefficient (Wildman–Crippen LogP) is 2.61. The Balaban J connectivity index is 1.27. The molecule has 0 bridgehead atoms. The van der Waals surface area contributed by atoms with Crippen LogP contribution >= 0.6 is 0 Å². The van der Waals surface area contributed by atoms with Crippen LogP contribution in [0.3, 0.4) is 0 Å². The summed E-state index contributed by atoms with van der Waals surface area (Å²) < 4.78 is 20.4. The normalized spacial score (nSPS) is 18.4. The van der Waals surface area contributed by atoms with Crippen LogP contribution in [0.2, 0.25) is 0 Å². The maximum absolute atomic E-state index is 15.1. The van der Waals surface area contributed by atoms with E-state index in [1.54, 1.807) is 29.4 Å². The Kier molecular flexibility index (Phi) is 7.66. The van der Waals surface area contributed by atoms with Crippen molar-refractivity contribution in [3.63, 3.8) is 0 Å². The number of hydrogen-bond donors (Lipinski definition) is 3. The zero-order valence-corrected chi connectivity index (χ0v) is 21.2. The van der Waals surface area contributed by atoms with Crippen LogP contribution in [0, 0.1) is 18.7 Å². The average molecular weight is 523 g/mol. The number of para-hydroxylation sites is 1. The number of amides is 2. The zero-order valence-electron chi connectivity index (χ0n) is 21.2. The molecule has 3 aromatic rings. The van der Waals surface area contributed by atoms with Crippen molar-refractivity contribution in [3.05, 3.63) is 60.1 Å². The number of aromatic nitrogens is 3. The minimum Gasteiger partial charge on any atom is -0.394 e. The number of carbonyl (C=O) groups excluding carboxylic acids is 2. The van der Waals surface area contributed by atoms with E-state index in [1.807, 2.05) is 24.0 Å². The molecule has 2 saturated heterocycles. The van der Waals surface area contributed by atoms with Crippen LogP contribution in [-0.2, 0) is 9.53 Å². The highest BCUT2D eigenvalue weighted by atomic mass is 19.1. The molecule has 11 heteroatoms. The number of aliphatic hydroxyl groups excluding tert-OH is 1. The maximum atomic E-state index is 15.1. The molecule has 0 spiro atoms. The number of anilines is 2. The molecule has 10 nitrogen and oxygen atoms in total. The summed E-state index contributed by atoms with van der Waals surface area (Å²) in [5, 5.41) is 12.4. The Morgan fingerprint density at radius 1 is 1.24 bits per heavy atom. The molecule has 3 N–H and O–H groups in total. The van der Waals surface area contributed by atoms with Crippen LogP contribution in [-0.4, -0.2) is 82.3 Å². The van der Waals surface area contributed by atoms with E-state index in [4.69, 9.17) is 4.74 Å². The molecule has 0 aliphatic carbocycles. The number of H-pyrrole nitrogens is 1. The number of benzene rings is 1. The first-order valence-electron chi connectivity index (χ1n) is 12.8. The Bertz CT molecular complexity index is 1310. The number of aliphatic hydroxyl groups is 1. The number of morpholine rings is 1. The van der Waals surface area contributed by atoms with E-state index >= 15 is 4.39 Å². The minimum atomic E-state index is -0.485. The van der Waals surface area contributed by atoms with Crippen molar-refractivity contribution < 1.29 is 23.8 Å². The molecule has 4 heterocycles. The summed E-state index contributed by atoms with van der Waals surface area (Å²) in [4.78, 5) is 41.2. The van der Waals surface area contributed by atoms with Crippen molar-refractivity contribution >= 4 is 23.2 Å². The van der Waals surface area contributed by atoms with Crippen LogP contribution in [0.1, 0.15) is 29.2 Å². The van der Waals surface area contributed by atoms with Crippen LogP contribution < -0.4 is 10.2 Å². The van der Waals surface area contributed by atoms with Gasteiger partial charge in [0.1, 0.15) is 5.82 Å². The maximum Gasteiger partial charge on any atom is 0.291 e. The summed E-state index contributed by atoms with van der Waals surface area (Å²) in [5.41, 5.74) is 2.91. The fourth-order valence-electron chi connectivity index (χ4n) is 5.09. The first kappa shape index (κ1) is 25.8. The van der Waals surface area contributed by atoms with E-state index in [-0.39, 0.29) is 30.3 Å². The van der Waals surface area contributed by atoms with Gasteiger partial charge in [0, 0.05) is 49.2 Å². The Labute approximate surface area is 219 Å². The zero-order chi connectivity index (χ0) is 26.6. The molecule has 0 saturated carbocycles. The fourth-order valence-corrected chi connectivity index (χ4v) is 5.09. The standard InChI is InChI=1S/C27H31FN6O4/c1-17-13-19(5-8-29-17)23-14-30-25(31-23)26(36)32-22-4-2-3-21(28)24(22)33-9-6-18(7-10-33)27(37)34-11-12-38-16-20(34)15-35/h2-5,8,13-14,18,20,35H,6-7,9-12,15-16H2,1H3,(H,30,31)(H,32,36). The van der Waals surface area contributed by atoms with Gasteiger partial charge in [0.15, 0.2) is 5.82 Å². The molecule has 1 unspecified atom stereocenters. The Morgan fingerprint density at radius 3 is 2.82 bits per heavy atom. The molecule has 1 aromatic carbocycles. The molecule has 2 amide bonds. The lowest BCUT2D eigenvalue weighted by molar-refractivity contribution is -0.146. The van der Waals surface area contributed by atoms with Crippen molar-refractivity contribution in [1.29, 1.82) is 0 Å². The van der Waals surface area contributed by atoms with Gasteiger partial charge in [-0.05, 0) is 44.0 Å². The van der Waals surface area contributed by atoms with Gasteiger partial charge in [0.25, 0.3) is 5.91 Å². The highest BCUT2D eigenvalue weighted by Crippen LogP contribution is 2.33. The van der Waals surface area contributed by atoms with E-state index in [0.29, 0.717) is 62.8 Å². The van der Waals surface area contributed by atoms with E-state index in [9.17, 15) is 14.7 Å². The molecule has 5 rings (SSSR count). The van der Waals surface area contributed by atoms with Crippen LogP contribution in [0.4, 0.5) is 15.8 Å². The summed E-state index contributed by atoms with van der Waals surface area (Å²) >= 11 is 0. The number of rotatable bonds is 6. The third-order valence-corrected chi connectivity index (χ3v) is 7.10. The van der Waals surface area contributed by atoms with Gasteiger partial charge in [-0.3, -0.25) is 14.6 Å².